The van der Waals surface area contributed by atoms with Crippen molar-refractivity contribution in [1.29, 1.82) is 0 Å². The van der Waals surface area contributed by atoms with E-state index in [-0.39, 0.29) is 9.48 Å². The van der Waals surface area contributed by atoms with E-state index >= 15 is 0 Å². The van der Waals surface area contributed by atoms with Crippen molar-refractivity contribution >= 4 is 45.5 Å². The van der Waals surface area contributed by atoms with Gasteiger partial charge in [-0.2, -0.15) is 0 Å². The molecule has 108 valence electrons. The fourth-order valence-electron chi connectivity index (χ4n) is 1.58. The molecule has 0 saturated heterocycles. The summed E-state index contributed by atoms with van der Waals surface area (Å²) in [6, 6.07) is 6.37. The molecule has 0 N–H and O–H groups in total. The Morgan fingerprint density at radius 2 is 1.80 bits per heavy atom. The van der Waals surface area contributed by atoms with Crippen LogP contribution in [0, 0.1) is 0 Å². The molecule has 0 radical (unpaired) electrons. The van der Waals surface area contributed by atoms with Crippen molar-refractivity contribution in [3.05, 3.63) is 39.8 Å². The van der Waals surface area contributed by atoms with Crippen LogP contribution in [0.4, 0.5) is 22.0 Å². The first-order chi connectivity index (χ1) is 9.30. The summed E-state index contributed by atoms with van der Waals surface area (Å²) in [5.74, 6) is 0. The second-order valence-electron chi connectivity index (χ2n) is 3.66. The first kappa shape index (κ1) is 16.1. The predicted octanol–water partition coefficient (Wildman–Crippen LogP) is 3.63. The molecule has 0 fully saturated rings. The molecule has 2 aromatic rings. The quantitative estimate of drug-likeness (QED) is 0.507. The summed E-state index contributed by atoms with van der Waals surface area (Å²) in [7, 11) is 0. The van der Waals surface area contributed by atoms with Crippen LogP contribution in [0.1, 0.15) is 5.56 Å². The van der Waals surface area contributed by atoms with Crippen LogP contribution in [0.3, 0.4) is 0 Å². The average molecular weight is 439 g/mol. The second-order valence-corrected chi connectivity index (χ2v) is 8.02. The first-order valence-electron chi connectivity index (χ1n) is 5.19. The van der Waals surface area contributed by atoms with Gasteiger partial charge >= 0.3 is 129 Å². The summed E-state index contributed by atoms with van der Waals surface area (Å²) in [4.78, 5) is 1.02. The number of benzene rings is 1. The van der Waals surface area contributed by atoms with Crippen LogP contribution < -0.4 is 4.46 Å². The van der Waals surface area contributed by atoms with Crippen molar-refractivity contribution in [2.75, 3.05) is 0 Å². The molecular formula is C12H6ClF5Se2. The zero-order chi connectivity index (χ0) is 14.9. The second kappa shape index (κ2) is 6.20. The Hall–Kier alpha value is -0.321. The summed E-state index contributed by atoms with van der Waals surface area (Å²) in [6.07, 6.45) is -4.60. The Kier molecular flexibility index (Phi) is 4.98. The Labute approximate surface area is 128 Å². The zero-order valence-electron chi connectivity index (χ0n) is 9.55. The van der Waals surface area contributed by atoms with Crippen LogP contribution in [-0.2, 0) is 6.18 Å². The standard InChI is InChI=1S/C12H6ClF5Se2/c13-8-4-2-1-3-6(8)9-10(20-11(14)15)7(5-19-9)12(16,17)18/h1-5,11H. The molecule has 0 nitrogen and oxygen atoms in total. The van der Waals surface area contributed by atoms with Crippen LogP contribution >= 0.6 is 11.6 Å². The third kappa shape index (κ3) is 3.46. The van der Waals surface area contributed by atoms with Crippen molar-refractivity contribution in [2.45, 2.75) is 11.5 Å². The number of rotatable bonds is 3. The van der Waals surface area contributed by atoms with E-state index in [1.807, 2.05) is 0 Å². The number of hydrogen-bond donors (Lipinski definition) is 0. The van der Waals surface area contributed by atoms with Crippen molar-refractivity contribution < 1.29 is 22.0 Å². The predicted molar refractivity (Wildman–Crippen MR) is 70.2 cm³/mol. The molecule has 0 amide bonds. The van der Waals surface area contributed by atoms with Crippen LogP contribution in [-0.4, -0.2) is 34.8 Å². The van der Waals surface area contributed by atoms with Gasteiger partial charge in [-0.15, -0.1) is 0 Å². The summed E-state index contributed by atoms with van der Waals surface area (Å²) >= 11 is 3.79. The molecule has 1 aromatic heterocycles. The van der Waals surface area contributed by atoms with E-state index in [0.29, 0.717) is 10.0 Å². The summed E-state index contributed by atoms with van der Waals surface area (Å²) in [6.45, 7) is 0. The fourth-order valence-corrected chi connectivity index (χ4v) is 6.94. The van der Waals surface area contributed by atoms with E-state index in [2.05, 4.69) is 0 Å². The molecule has 8 heteroatoms. The van der Waals surface area contributed by atoms with Gasteiger partial charge in [0.2, 0.25) is 0 Å². The Bertz CT molecular complexity index is 606. The number of hydrogen-bond acceptors (Lipinski definition) is 0. The van der Waals surface area contributed by atoms with Crippen LogP contribution in [0.5, 0.6) is 0 Å². The summed E-state index contributed by atoms with van der Waals surface area (Å²) in [5.41, 5.74) is -0.505. The monoisotopic (exact) mass is 440 g/mol. The number of halogens is 6. The Morgan fingerprint density at radius 3 is 2.35 bits per heavy atom. The maximum atomic E-state index is 12.9. The van der Waals surface area contributed by atoms with Crippen LogP contribution in [0.25, 0.3) is 10.0 Å². The first-order valence-corrected chi connectivity index (χ1v) is 9.26. The Balaban J connectivity index is 2.60. The average Bonchev–Trinajstić information content (AvgIpc) is 2.72. The SMILES string of the molecule is FC(F)[Se]c1c(C(F)(F)F)c[se]c1-c1ccccc1Cl. The van der Waals surface area contributed by atoms with Gasteiger partial charge in [0.05, 0.1) is 0 Å². The van der Waals surface area contributed by atoms with E-state index in [1.165, 1.54) is 0 Å². The fraction of sp³-hybridized carbons (Fsp3) is 0.167. The van der Waals surface area contributed by atoms with Gasteiger partial charge in [-0.1, -0.05) is 0 Å². The van der Waals surface area contributed by atoms with Gasteiger partial charge in [-0.3, -0.25) is 0 Å². The molecule has 0 spiro atoms. The third-order valence-corrected chi connectivity index (χ3v) is 7.24. The normalized spacial score (nSPS) is 12.2. The van der Waals surface area contributed by atoms with Gasteiger partial charge in [0.15, 0.2) is 0 Å². The zero-order valence-corrected chi connectivity index (χ0v) is 13.7. The molecule has 1 heterocycles. The van der Waals surface area contributed by atoms with Crippen LogP contribution in [0.15, 0.2) is 29.2 Å². The molecule has 0 aliphatic carbocycles. The molecular weight excluding hydrogens is 432 g/mol. The molecule has 1 aromatic carbocycles. The molecule has 20 heavy (non-hydrogen) atoms. The molecule has 0 saturated carbocycles. The van der Waals surface area contributed by atoms with E-state index in [1.54, 1.807) is 24.3 Å². The Morgan fingerprint density at radius 1 is 1.15 bits per heavy atom. The van der Waals surface area contributed by atoms with Gasteiger partial charge in [0.1, 0.15) is 0 Å². The third-order valence-electron chi connectivity index (χ3n) is 2.38. The van der Waals surface area contributed by atoms with Crippen molar-refractivity contribution in [3.63, 3.8) is 0 Å². The molecule has 0 unspecified atom stereocenters. The van der Waals surface area contributed by atoms with Gasteiger partial charge in [-0.05, 0) is 0 Å². The minimum absolute atomic E-state index is 0.270. The van der Waals surface area contributed by atoms with Gasteiger partial charge in [0, 0.05) is 0 Å². The van der Waals surface area contributed by atoms with Crippen molar-refractivity contribution in [1.82, 2.24) is 0 Å². The summed E-state index contributed by atoms with van der Waals surface area (Å²) in [5, 5.41) is -2.49. The van der Waals surface area contributed by atoms with E-state index in [0.717, 1.165) is 4.94 Å². The number of alkyl halides is 5. The molecule has 2 rings (SSSR count). The van der Waals surface area contributed by atoms with Gasteiger partial charge in [0.25, 0.3) is 0 Å². The van der Waals surface area contributed by atoms with E-state index in [9.17, 15) is 22.0 Å². The topological polar surface area (TPSA) is 0 Å². The molecule has 0 bridgehead atoms. The molecule has 0 aliphatic rings. The van der Waals surface area contributed by atoms with Crippen LogP contribution in [0.2, 0.25) is 5.02 Å². The maximum absolute atomic E-state index is 12.9. The molecule has 0 aliphatic heterocycles. The van der Waals surface area contributed by atoms with Gasteiger partial charge in [-0.25, -0.2) is 0 Å². The van der Waals surface area contributed by atoms with E-state index < -0.39 is 46.5 Å². The minimum atomic E-state index is -4.60. The van der Waals surface area contributed by atoms with Crippen molar-refractivity contribution in [2.24, 2.45) is 0 Å². The van der Waals surface area contributed by atoms with Gasteiger partial charge < -0.3 is 0 Å². The molecule has 0 atom stereocenters. The summed E-state index contributed by atoms with van der Waals surface area (Å²) < 4.78 is 63.9. The van der Waals surface area contributed by atoms with Crippen molar-refractivity contribution in [3.8, 4) is 10.0 Å². The van der Waals surface area contributed by atoms with E-state index in [4.69, 9.17) is 11.6 Å².